The van der Waals surface area contributed by atoms with E-state index in [4.69, 9.17) is 5.73 Å². The third kappa shape index (κ3) is 5.97. The molecule has 0 unspecified atom stereocenters. The predicted molar refractivity (Wildman–Crippen MR) is 67.3 cm³/mol. The number of amides is 2. The number of hydrogen-bond donors (Lipinski definition) is 2. The highest BCUT2D eigenvalue weighted by Crippen LogP contribution is 2.01. The maximum atomic E-state index is 11.7. The van der Waals surface area contributed by atoms with Crippen LogP contribution in [0.3, 0.4) is 0 Å². The Morgan fingerprint density at radius 1 is 1.50 bits per heavy atom. The van der Waals surface area contributed by atoms with Crippen molar-refractivity contribution in [3.8, 4) is 0 Å². The van der Waals surface area contributed by atoms with Crippen LogP contribution in [0, 0.1) is 0 Å². The van der Waals surface area contributed by atoms with Crippen molar-refractivity contribution in [2.45, 2.75) is 19.4 Å². The molecule has 0 aromatic heterocycles. The first-order chi connectivity index (χ1) is 7.52. The lowest BCUT2D eigenvalue weighted by Crippen LogP contribution is -2.46. The van der Waals surface area contributed by atoms with Crippen molar-refractivity contribution in [1.82, 2.24) is 10.2 Å². The third-order valence-corrected chi connectivity index (χ3v) is 2.73. The number of likely N-dealkylation sites (N-methyl/N-ethyl adjacent to an activating group) is 2. The molecule has 0 saturated heterocycles. The summed E-state index contributed by atoms with van der Waals surface area (Å²) in [5, 5.41) is 2.64. The molecule has 0 rings (SSSR count). The minimum absolute atomic E-state index is 0.0691. The first kappa shape index (κ1) is 15.2. The highest BCUT2D eigenvalue weighted by atomic mass is 32.2. The topological polar surface area (TPSA) is 75.4 Å². The average molecular weight is 247 g/mol. The Kier molecular flexibility index (Phi) is 8.01. The number of thioether (sulfide) groups is 1. The summed E-state index contributed by atoms with van der Waals surface area (Å²) in [6, 6.07) is -0.508. The molecule has 0 spiro atoms. The number of carbonyl (C=O) groups excluding carboxylic acids is 2. The molecule has 1 atom stereocenters. The van der Waals surface area contributed by atoms with Crippen molar-refractivity contribution in [1.29, 1.82) is 0 Å². The molecule has 0 bridgehead atoms. The Hall–Kier alpha value is -0.750. The van der Waals surface area contributed by atoms with Gasteiger partial charge < -0.3 is 16.0 Å². The normalized spacial score (nSPS) is 12.0. The molecular formula is C10H21N3O2S. The summed E-state index contributed by atoms with van der Waals surface area (Å²) in [6.45, 7) is 2.48. The molecule has 0 heterocycles. The van der Waals surface area contributed by atoms with Gasteiger partial charge in [-0.1, -0.05) is 0 Å². The van der Waals surface area contributed by atoms with Gasteiger partial charge in [0.2, 0.25) is 11.8 Å². The van der Waals surface area contributed by atoms with Gasteiger partial charge in [-0.25, -0.2) is 0 Å². The summed E-state index contributed by atoms with van der Waals surface area (Å²) in [5.74, 6) is 0.512. The minimum atomic E-state index is -0.508. The van der Waals surface area contributed by atoms with E-state index in [1.807, 2.05) is 13.2 Å². The van der Waals surface area contributed by atoms with E-state index in [1.54, 1.807) is 18.8 Å². The SMILES string of the molecule is CCNC(=O)CN(C)C(=O)[C@@H](N)CCSC. The average Bonchev–Trinajstić information content (AvgIpc) is 2.24. The standard InChI is InChI=1S/C10H21N3O2S/c1-4-12-9(14)7-13(2)10(15)8(11)5-6-16-3/h8H,4-7,11H2,1-3H3,(H,12,14)/t8-/m0/s1. The zero-order valence-corrected chi connectivity index (χ0v) is 11.0. The van der Waals surface area contributed by atoms with Gasteiger partial charge in [0.1, 0.15) is 0 Å². The smallest absolute Gasteiger partial charge is 0.239 e. The fourth-order valence-electron chi connectivity index (χ4n) is 1.20. The molecule has 94 valence electrons. The van der Waals surface area contributed by atoms with E-state index in [0.717, 1.165) is 5.75 Å². The Bertz CT molecular complexity index is 236. The highest BCUT2D eigenvalue weighted by Gasteiger charge is 2.19. The Balaban J connectivity index is 4.01. The van der Waals surface area contributed by atoms with Crippen molar-refractivity contribution in [2.75, 3.05) is 32.1 Å². The van der Waals surface area contributed by atoms with Gasteiger partial charge in [0.05, 0.1) is 12.6 Å². The molecule has 0 aliphatic rings. The molecule has 2 amide bonds. The van der Waals surface area contributed by atoms with Crippen LogP contribution >= 0.6 is 11.8 Å². The Labute approximate surface area is 101 Å². The van der Waals surface area contributed by atoms with Crippen molar-refractivity contribution < 1.29 is 9.59 Å². The van der Waals surface area contributed by atoms with Gasteiger partial charge in [0.15, 0.2) is 0 Å². The van der Waals surface area contributed by atoms with Crippen LogP contribution in [0.5, 0.6) is 0 Å². The molecule has 0 aromatic carbocycles. The summed E-state index contributed by atoms with van der Waals surface area (Å²) in [6.07, 6.45) is 2.61. The maximum Gasteiger partial charge on any atom is 0.239 e. The van der Waals surface area contributed by atoms with Crippen molar-refractivity contribution >= 4 is 23.6 Å². The fraction of sp³-hybridized carbons (Fsp3) is 0.800. The van der Waals surface area contributed by atoms with Gasteiger partial charge in [-0.15, -0.1) is 0 Å². The number of nitrogens with zero attached hydrogens (tertiary/aromatic N) is 1. The van der Waals surface area contributed by atoms with Gasteiger partial charge >= 0.3 is 0 Å². The van der Waals surface area contributed by atoms with Crippen molar-refractivity contribution in [3.63, 3.8) is 0 Å². The molecule has 0 aromatic rings. The second-order valence-corrected chi connectivity index (χ2v) is 4.52. The van der Waals surface area contributed by atoms with Gasteiger partial charge in [0.25, 0.3) is 0 Å². The van der Waals surface area contributed by atoms with Gasteiger partial charge in [-0.3, -0.25) is 9.59 Å². The molecule has 0 saturated carbocycles. The molecule has 6 heteroatoms. The number of carbonyl (C=O) groups is 2. The fourth-order valence-corrected chi connectivity index (χ4v) is 1.69. The summed E-state index contributed by atoms with van der Waals surface area (Å²) < 4.78 is 0. The lowest BCUT2D eigenvalue weighted by Gasteiger charge is -2.20. The first-order valence-electron chi connectivity index (χ1n) is 5.29. The van der Waals surface area contributed by atoms with Crippen molar-refractivity contribution in [2.24, 2.45) is 5.73 Å². The zero-order chi connectivity index (χ0) is 12.6. The molecule has 3 N–H and O–H groups in total. The lowest BCUT2D eigenvalue weighted by atomic mass is 10.2. The zero-order valence-electron chi connectivity index (χ0n) is 10.2. The lowest BCUT2D eigenvalue weighted by molar-refractivity contribution is -0.135. The Morgan fingerprint density at radius 3 is 2.62 bits per heavy atom. The van der Waals surface area contributed by atoms with Gasteiger partial charge in [-0.2, -0.15) is 11.8 Å². The van der Waals surface area contributed by atoms with Crippen LogP contribution in [0.2, 0.25) is 0 Å². The number of nitrogens with two attached hydrogens (primary N) is 1. The monoisotopic (exact) mass is 247 g/mol. The van der Waals surface area contributed by atoms with E-state index in [2.05, 4.69) is 5.32 Å². The second-order valence-electron chi connectivity index (χ2n) is 3.54. The Morgan fingerprint density at radius 2 is 2.12 bits per heavy atom. The third-order valence-electron chi connectivity index (χ3n) is 2.08. The summed E-state index contributed by atoms with van der Waals surface area (Å²) >= 11 is 1.65. The van der Waals surface area contributed by atoms with E-state index in [1.165, 1.54) is 4.90 Å². The van der Waals surface area contributed by atoms with Gasteiger partial charge in [-0.05, 0) is 25.4 Å². The molecule has 0 aliphatic carbocycles. The van der Waals surface area contributed by atoms with E-state index < -0.39 is 6.04 Å². The van der Waals surface area contributed by atoms with Crippen LogP contribution < -0.4 is 11.1 Å². The summed E-state index contributed by atoms with van der Waals surface area (Å²) in [7, 11) is 1.59. The molecule has 0 radical (unpaired) electrons. The molecule has 0 fully saturated rings. The van der Waals surface area contributed by atoms with Crippen LogP contribution in [0.4, 0.5) is 0 Å². The molecule has 0 aliphatic heterocycles. The van der Waals surface area contributed by atoms with Crippen molar-refractivity contribution in [3.05, 3.63) is 0 Å². The predicted octanol–water partition coefficient (Wildman–Crippen LogP) is -0.339. The molecular weight excluding hydrogens is 226 g/mol. The van der Waals surface area contributed by atoms with E-state index in [0.29, 0.717) is 13.0 Å². The largest absolute Gasteiger partial charge is 0.355 e. The van der Waals surface area contributed by atoms with Gasteiger partial charge in [0, 0.05) is 13.6 Å². The summed E-state index contributed by atoms with van der Waals surface area (Å²) in [5.41, 5.74) is 5.72. The van der Waals surface area contributed by atoms with Crippen LogP contribution in [0.1, 0.15) is 13.3 Å². The maximum absolute atomic E-state index is 11.7. The van der Waals surface area contributed by atoms with Crippen LogP contribution in [0.25, 0.3) is 0 Å². The second kappa shape index (κ2) is 8.41. The molecule has 16 heavy (non-hydrogen) atoms. The molecule has 5 nitrogen and oxygen atoms in total. The number of nitrogens with one attached hydrogen (secondary N) is 1. The van der Waals surface area contributed by atoms with Crippen LogP contribution in [0.15, 0.2) is 0 Å². The first-order valence-corrected chi connectivity index (χ1v) is 6.68. The van der Waals surface area contributed by atoms with E-state index in [-0.39, 0.29) is 18.4 Å². The quantitative estimate of drug-likeness (QED) is 0.645. The van der Waals surface area contributed by atoms with E-state index >= 15 is 0 Å². The minimum Gasteiger partial charge on any atom is -0.355 e. The highest BCUT2D eigenvalue weighted by molar-refractivity contribution is 7.98. The summed E-state index contributed by atoms with van der Waals surface area (Å²) in [4.78, 5) is 24.3. The van der Waals surface area contributed by atoms with Crippen LogP contribution in [-0.4, -0.2) is 54.9 Å². The van der Waals surface area contributed by atoms with Crippen LogP contribution in [-0.2, 0) is 9.59 Å². The van der Waals surface area contributed by atoms with E-state index in [9.17, 15) is 9.59 Å². The number of hydrogen-bond acceptors (Lipinski definition) is 4. The number of rotatable bonds is 7.